The molecule has 1 aliphatic heterocycles. The van der Waals surface area contributed by atoms with Crippen molar-refractivity contribution in [3.05, 3.63) is 57.6 Å². The largest absolute Gasteiger partial charge is 0.457 e. The molecular formula is C22H22N2O5. The summed E-state index contributed by atoms with van der Waals surface area (Å²) in [4.78, 5) is 37.8. The molecule has 7 heteroatoms. The molecule has 0 aromatic heterocycles. The summed E-state index contributed by atoms with van der Waals surface area (Å²) in [6.45, 7) is 3.87. The third-order valence-corrected chi connectivity index (χ3v) is 5.62. The van der Waals surface area contributed by atoms with Gasteiger partial charge >= 0.3 is 0 Å². The molecule has 2 aromatic rings. The highest BCUT2D eigenvalue weighted by atomic mass is 16.6. The van der Waals surface area contributed by atoms with Crippen LogP contribution in [0.5, 0.6) is 11.5 Å². The Kier molecular flexibility index (Phi) is 4.82. The van der Waals surface area contributed by atoms with Crippen molar-refractivity contribution in [2.45, 2.75) is 39.5 Å². The molecule has 2 aromatic carbocycles. The number of anilines is 1. The predicted molar refractivity (Wildman–Crippen MR) is 107 cm³/mol. The molecule has 1 heterocycles. The molecule has 2 aliphatic rings. The predicted octanol–water partition coefficient (Wildman–Crippen LogP) is 4.68. The number of benzene rings is 2. The van der Waals surface area contributed by atoms with Crippen molar-refractivity contribution in [2.24, 2.45) is 11.8 Å². The number of nitrogens with zero attached hydrogens (tertiary/aromatic N) is 2. The summed E-state index contributed by atoms with van der Waals surface area (Å²) in [5.41, 5.74) is 1.97. The second kappa shape index (κ2) is 7.31. The van der Waals surface area contributed by atoms with Gasteiger partial charge in [0.2, 0.25) is 11.8 Å². The maximum absolute atomic E-state index is 12.9. The molecular weight excluding hydrogens is 372 g/mol. The lowest BCUT2D eigenvalue weighted by Crippen LogP contribution is -2.30. The van der Waals surface area contributed by atoms with E-state index in [9.17, 15) is 19.7 Å². The van der Waals surface area contributed by atoms with Crippen LogP contribution in [0.1, 0.15) is 36.8 Å². The van der Waals surface area contributed by atoms with E-state index >= 15 is 0 Å². The Morgan fingerprint density at radius 3 is 2.00 bits per heavy atom. The minimum atomic E-state index is -0.546. The standard InChI is InChI=1S/C22H22N2O5/c1-13-7-14(2)9-17(8-13)29-18-11-15(10-16(12-18)24(27)28)23-21(25)19-5-3-4-6-20(19)22(23)26/h7-12,19-20H,3-6H2,1-2H3/t19-,20+. The van der Waals surface area contributed by atoms with Crippen LogP contribution in [0.15, 0.2) is 36.4 Å². The topological polar surface area (TPSA) is 89.8 Å². The Morgan fingerprint density at radius 2 is 1.45 bits per heavy atom. The van der Waals surface area contributed by atoms with Crippen LogP contribution in [0, 0.1) is 35.8 Å². The number of non-ortho nitro benzene ring substituents is 1. The van der Waals surface area contributed by atoms with E-state index in [1.165, 1.54) is 18.2 Å². The first-order valence-electron chi connectivity index (χ1n) is 9.77. The summed E-state index contributed by atoms with van der Waals surface area (Å²) in [6.07, 6.45) is 3.22. The number of hydrogen-bond acceptors (Lipinski definition) is 5. The van der Waals surface area contributed by atoms with Crippen LogP contribution in [-0.2, 0) is 9.59 Å². The zero-order valence-corrected chi connectivity index (χ0v) is 16.4. The van der Waals surface area contributed by atoms with E-state index in [4.69, 9.17) is 4.74 Å². The van der Waals surface area contributed by atoms with Crippen molar-refractivity contribution >= 4 is 23.2 Å². The van der Waals surface area contributed by atoms with Crippen LogP contribution in [-0.4, -0.2) is 16.7 Å². The number of amides is 2. The first kappa shape index (κ1) is 19.1. The second-order valence-corrected chi connectivity index (χ2v) is 7.88. The molecule has 2 fully saturated rings. The fourth-order valence-electron chi connectivity index (χ4n) is 4.41. The fraction of sp³-hybridized carbons (Fsp3) is 0.364. The average Bonchev–Trinajstić information content (AvgIpc) is 2.91. The number of ether oxygens (including phenoxy) is 1. The first-order valence-corrected chi connectivity index (χ1v) is 9.77. The molecule has 4 rings (SSSR count). The summed E-state index contributed by atoms with van der Waals surface area (Å²) < 4.78 is 5.87. The van der Waals surface area contributed by atoms with E-state index in [1.807, 2.05) is 32.0 Å². The minimum Gasteiger partial charge on any atom is -0.457 e. The van der Waals surface area contributed by atoms with Crippen molar-refractivity contribution in [2.75, 3.05) is 4.90 Å². The monoisotopic (exact) mass is 394 g/mol. The van der Waals surface area contributed by atoms with E-state index < -0.39 is 4.92 Å². The summed E-state index contributed by atoms with van der Waals surface area (Å²) >= 11 is 0. The van der Waals surface area contributed by atoms with Gasteiger partial charge in [-0.3, -0.25) is 19.7 Å². The second-order valence-electron chi connectivity index (χ2n) is 7.88. The van der Waals surface area contributed by atoms with E-state index in [2.05, 4.69) is 0 Å². The van der Waals surface area contributed by atoms with Crippen molar-refractivity contribution in [1.29, 1.82) is 0 Å². The average molecular weight is 394 g/mol. The third-order valence-electron chi connectivity index (χ3n) is 5.62. The molecule has 1 saturated heterocycles. The number of carbonyl (C=O) groups is 2. The van der Waals surface area contributed by atoms with E-state index in [-0.39, 0.29) is 40.8 Å². The van der Waals surface area contributed by atoms with Crippen LogP contribution in [0.25, 0.3) is 0 Å². The lowest BCUT2D eigenvalue weighted by Gasteiger charge is -2.19. The molecule has 0 spiro atoms. The molecule has 0 bridgehead atoms. The van der Waals surface area contributed by atoms with Crippen molar-refractivity contribution in [3.8, 4) is 11.5 Å². The van der Waals surface area contributed by atoms with Gasteiger partial charge in [-0.05, 0) is 49.9 Å². The lowest BCUT2D eigenvalue weighted by atomic mass is 9.81. The summed E-state index contributed by atoms with van der Waals surface area (Å²) in [7, 11) is 0. The highest BCUT2D eigenvalue weighted by Crippen LogP contribution is 2.42. The number of nitro groups is 1. The van der Waals surface area contributed by atoms with Crippen LogP contribution < -0.4 is 9.64 Å². The van der Waals surface area contributed by atoms with Crippen molar-refractivity contribution < 1.29 is 19.2 Å². The maximum atomic E-state index is 12.9. The highest BCUT2D eigenvalue weighted by Gasteiger charge is 2.49. The number of fused-ring (bicyclic) bond motifs is 1. The van der Waals surface area contributed by atoms with Gasteiger partial charge in [-0.1, -0.05) is 18.9 Å². The van der Waals surface area contributed by atoms with Gasteiger partial charge in [0.15, 0.2) is 0 Å². The van der Waals surface area contributed by atoms with Crippen molar-refractivity contribution in [3.63, 3.8) is 0 Å². The number of aryl methyl sites for hydroxylation is 2. The Balaban J connectivity index is 1.73. The van der Waals surface area contributed by atoms with E-state index in [1.54, 1.807) is 0 Å². The summed E-state index contributed by atoms with van der Waals surface area (Å²) in [5, 5.41) is 11.5. The highest BCUT2D eigenvalue weighted by molar-refractivity contribution is 6.22. The number of rotatable bonds is 4. The zero-order valence-electron chi connectivity index (χ0n) is 16.4. The Hall–Kier alpha value is -3.22. The molecule has 150 valence electrons. The van der Waals surface area contributed by atoms with Crippen LogP contribution in [0.2, 0.25) is 0 Å². The van der Waals surface area contributed by atoms with Gasteiger partial charge in [0.1, 0.15) is 11.5 Å². The first-order chi connectivity index (χ1) is 13.8. The lowest BCUT2D eigenvalue weighted by molar-refractivity contribution is -0.384. The SMILES string of the molecule is Cc1cc(C)cc(Oc2cc(N3C(=O)[C@H]4CCCC[C@H]4C3=O)cc([N+](=O)[O-])c2)c1. The summed E-state index contributed by atoms with van der Waals surface area (Å²) in [5.74, 6) is -0.412. The molecule has 1 aliphatic carbocycles. The van der Waals surface area contributed by atoms with Gasteiger partial charge in [0, 0.05) is 12.1 Å². The van der Waals surface area contributed by atoms with Gasteiger partial charge in [-0.2, -0.15) is 0 Å². The molecule has 0 N–H and O–H groups in total. The van der Waals surface area contributed by atoms with Crippen LogP contribution in [0.3, 0.4) is 0 Å². The van der Waals surface area contributed by atoms with E-state index in [0.717, 1.165) is 28.9 Å². The molecule has 2 atom stereocenters. The smallest absolute Gasteiger partial charge is 0.275 e. The molecule has 29 heavy (non-hydrogen) atoms. The van der Waals surface area contributed by atoms with Gasteiger partial charge < -0.3 is 4.74 Å². The van der Waals surface area contributed by atoms with Crippen LogP contribution >= 0.6 is 0 Å². The Morgan fingerprint density at radius 1 is 0.897 bits per heavy atom. The molecule has 2 amide bonds. The van der Waals surface area contributed by atoms with Gasteiger partial charge in [-0.25, -0.2) is 4.90 Å². The molecule has 7 nitrogen and oxygen atoms in total. The van der Waals surface area contributed by atoms with Gasteiger partial charge in [0.25, 0.3) is 5.69 Å². The number of imide groups is 1. The Bertz CT molecular complexity index is 972. The summed E-state index contributed by atoms with van der Waals surface area (Å²) in [6, 6.07) is 9.74. The zero-order chi connectivity index (χ0) is 20.7. The fourth-order valence-corrected chi connectivity index (χ4v) is 4.41. The normalized spacial score (nSPS) is 21.2. The van der Waals surface area contributed by atoms with Gasteiger partial charge in [0.05, 0.1) is 28.5 Å². The molecule has 0 radical (unpaired) electrons. The van der Waals surface area contributed by atoms with Crippen molar-refractivity contribution in [1.82, 2.24) is 0 Å². The van der Waals surface area contributed by atoms with Gasteiger partial charge in [-0.15, -0.1) is 0 Å². The number of hydrogen-bond donors (Lipinski definition) is 0. The number of nitro benzene ring substituents is 1. The van der Waals surface area contributed by atoms with E-state index in [0.29, 0.717) is 18.6 Å². The Labute approximate surface area is 168 Å². The third kappa shape index (κ3) is 3.60. The molecule has 1 saturated carbocycles. The quantitative estimate of drug-likeness (QED) is 0.426. The number of carbonyl (C=O) groups excluding carboxylic acids is 2. The minimum absolute atomic E-state index is 0.197. The maximum Gasteiger partial charge on any atom is 0.275 e. The molecule has 0 unspecified atom stereocenters. The van der Waals surface area contributed by atoms with Crippen LogP contribution in [0.4, 0.5) is 11.4 Å².